The topological polar surface area (TPSA) is 72.1 Å². The highest BCUT2D eigenvalue weighted by atomic mass is 16.2. The average molecular weight is 284 g/mol. The van der Waals surface area contributed by atoms with Crippen LogP contribution in [0, 0.1) is 0 Å². The second-order valence-corrected chi connectivity index (χ2v) is 4.80. The van der Waals surface area contributed by atoms with Crippen molar-refractivity contribution in [2.24, 2.45) is 0 Å². The SMILES string of the molecule is CCc1cc(C(=O)N(CC)Cc2ccncc2)cc(N)n1. The summed E-state index contributed by atoms with van der Waals surface area (Å²) in [6.45, 7) is 5.14. The van der Waals surface area contributed by atoms with Crippen molar-refractivity contribution >= 4 is 11.7 Å². The van der Waals surface area contributed by atoms with E-state index in [0.717, 1.165) is 17.7 Å². The summed E-state index contributed by atoms with van der Waals surface area (Å²) in [4.78, 5) is 22.6. The highest BCUT2D eigenvalue weighted by Gasteiger charge is 2.16. The number of amides is 1. The van der Waals surface area contributed by atoms with Gasteiger partial charge in [0.05, 0.1) is 0 Å². The van der Waals surface area contributed by atoms with Gasteiger partial charge >= 0.3 is 0 Å². The number of anilines is 1. The molecule has 0 saturated carbocycles. The third kappa shape index (κ3) is 3.78. The number of hydrogen-bond donors (Lipinski definition) is 1. The van der Waals surface area contributed by atoms with Crippen LogP contribution in [-0.4, -0.2) is 27.3 Å². The van der Waals surface area contributed by atoms with Gasteiger partial charge in [-0.25, -0.2) is 4.98 Å². The first-order valence-electron chi connectivity index (χ1n) is 7.08. The molecule has 0 aliphatic heterocycles. The van der Waals surface area contributed by atoms with Gasteiger partial charge in [0.15, 0.2) is 0 Å². The Hall–Kier alpha value is -2.43. The molecule has 2 heterocycles. The summed E-state index contributed by atoms with van der Waals surface area (Å²) < 4.78 is 0. The maximum absolute atomic E-state index is 12.6. The molecule has 0 saturated heterocycles. The van der Waals surface area contributed by atoms with Crippen LogP contribution in [0.3, 0.4) is 0 Å². The van der Waals surface area contributed by atoms with E-state index in [0.29, 0.717) is 24.5 Å². The van der Waals surface area contributed by atoms with E-state index < -0.39 is 0 Å². The van der Waals surface area contributed by atoms with E-state index in [1.54, 1.807) is 23.4 Å². The monoisotopic (exact) mass is 284 g/mol. The Bertz CT molecular complexity index is 613. The fourth-order valence-corrected chi connectivity index (χ4v) is 2.13. The van der Waals surface area contributed by atoms with Gasteiger partial charge in [0.25, 0.3) is 5.91 Å². The smallest absolute Gasteiger partial charge is 0.254 e. The van der Waals surface area contributed by atoms with Crippen LogP contribution < -0.4 is 5.73 Å². The molecule has 0 aliphatic carbocycles. The van der Waals surface area contributed by atoms with Crippen LogP contribution in [0.5, 0.6) is 0 Å². The second-order valence-electron chi connectivity index (χ2n) is 4.80. The summed E-state index contributed by atoms with van der Waals surface area (Å²) in [5.41, 5.74) is 8.26. The molecule has 0 bridgehead atoms. The summed E-state index contributed by atoms with van der Waals surface area (Å²) in [5, 5.41) is 0. The Morgan fingerprint density at radius 3 is 2.57 bits per heavy atom. The van der Waals surface area contributed by atoms with Gasteiger partial charge in [0.2, 0.25) is 0 Å². The van der Waals surface area contributed by atoms with Crippen LogP contribution in [0.25, 0.3) is 0 Å². The predicted molar refractivity (Wildman–Crippen MR) is 82.7 cm³/mol. The predicted octanol–water partition coefficient (Wildman–Crippen LogP) is 2.28. The minimum absolute atomic E-state index is 0.0295. The molecule has 2 aromatic heterocycles. The lowest BCUT2D eigenvalue weighted by Gasteiger charge is -2.21. The molecule has 0 spiro atoms. The van der Waals surface area contributed by atoms with Crippen LogP contribution in [0.1, 0.15) is 35.5 Å². The zero-order valence-electron chi connectivity index (χ0n) is 12.4. The molecule has 110 valence electrons. The number of carbonyl (C=O) groups excluding carboxylic acids is 1. The van der Waals surface area contributed by atoms with Crippen molar-refractivity contribution in [2.75, 3.05) is 12.3 Å². The van der Waals surface area contributed by atoms with Crippen molar-refractivity contribution in [3.63, 3.8) is 0 Å². The molecular formula is C16H20N4O. The maximum Gasteiger partial charge on any atom is 0.254 e. The number of pyridine rings is 2. The number of rotatable bonds is 5. The lowest BCUT2D eigenvalue weighted by Crippen LogP contribution is -2.30. The molecule has 2 aromatic rings. The largest absolute Gasteiger partial charge is 0.384 e. The number of carbonyl (C=O) groups is 1. The van der Waals surface area contributed by atoms with E-state index in [1.165, 1.54) is 0 Å². The molecule has 2 rings (SSSR count). The Balaban J connectivity index is 2.22. The van der Waals surface area contributed by atoms with Gasteiger partial charge in [-0.05, 0) is 43.2 Å². The van der Waals surface area contributed by atoms with Gasteiger partial charge < -0.3 is 10.6 Å². The number of aromatic nitrogens is 2. The summed E-state index contributed by atoms with van der Waals surface area (Å²) in [6.07, 6.45) is 4.21. The highest BCUT2D eigenvalue weighted by Crippen LogP contribution is 2.13. The van der Waals surface area contributed by atoms with E-state index in [-0.39, 0.29) is 5.91 Å². The Kier molecular flexibility index (Phi) is 4.87. The number of nitrogens with zero attached hydrogens (tertiary/aromatic N) is 3. The van der Waals surface area contributed by atoms with Gasteiger partial charge in [0.1, 0.15) is 5.82 Å². The molecule has 21 heavy (non-hydrogen) atoms. The van der Waals surface area contributed by atoms with Crippen LogP contribution in [0.2, 0.25) is 0 Å². The lowest BCUT2D eigenvalue weighted by atomic mass is 10.1. The Labute approximate surface area is 124 Å². The van der Waals surface area contributed by atoms with Crippen molar-refractivity contribution in [3.8, 4) is 0 Å². The summed E-state index contributed by atoms with van der Waals surface area (Å²) in [5.74, 6) is 0.357. The fourth-order valence-electron chi connectivity index (χ4n) is 2.13. The van der Waals surface area contributed by atoms with Gasteiger partial charge in [-0.3, -0.25) is 9.78 Å². The first-order valence-corrected chi connectivity index (χ1v) is 7.08. The first kappa shape index (κ1) is 15.0. The van der Waals surface area contributed by atoms with Crippen LogP contribution in [0.15, 0.2) is 36.7 Å². The second kappa shape index (κ2) is 6.83. The first-order chi connectivity index (χ1) is 10.1. The number of hydrogen-bond acceptors (Lipinski definition) is 4. The van der Waals surface area contributed by atoms with Crippen LogP contribution in [0.4, 0.5) is 5.82 Å². The molecule has 1 amide bonds. The van der Waals surface area contributed by atoms with Crippen LogP contribution >= 0.6 is 0 Å². The standard InChI is InChI=1S/C16H20N4O/c1-3-14-9-13(10-15(17)19-14)16(21)20(4-2)11-12-5-7-18-8-6-12/h5-10H,3-4,11H2,1-2H3,(H2,17,19). The molecule has 5 heteroatoms. The third-order valence-corrected chi connectivity index (χ3v) is 3.30. The van der Waals surface area contributed by atoms with E-state index >= 15 is 0 Å². The van der Waals surface area contributed by atoms with Crippen molar-refractivity contribution in [2.45, 2.75) is 26.8 Å². The minimum Gasteiger partial charge on any atom is -0.384 e. The van der Waals surface area contributed by atoms with Crippen molar-refractivity contribution < 1.29 is 4.79 Å². The van der Waals surface area contributed by atoms with Gasteiger partial charge in [-0.15, -0.1) is 0 Å². The quantitative estimate of drug-likeness (QED) is 0.914. The summed E-state index contributed by atoms with van der Waals surface area (Å²) >= 11 is 0. The van der Waals surface area contributed by atoms with E-state index in [9.17, 15) is 4.79 Å². The molecule has 0 aromatic carbocycles. The number of nitrogen functional groups attached to an aromatic ring is 1. The van der Waals surface area contributed by atoms with E-state index in [1.807, 2.05) is 32.0 Å². The molecule has 0 unspecified atom stereocenters. The van der Waals surface area contributed by atoms with E-state index in [2.05, 4.69) is 9.97 Å². The Morgan fingerprint density at radius 1 is 1.24 bits per heavy atom. The van der Waals surface area contributed by atoms with Crippen molar-refractivity contribution in [1.29, 1.82) is 0 Å². The van der Waals surface area contributed by atoms with Gasteiger partial charge in [0, 0.05) is 36.7 Å². The third-order valence-electron chi connectivity index (χ3n) is 3.30. The maximum atomic E-state index is 12.6. The normalized spacial score (nSPS) is 10.4. The molecule has 0 fully saturated rings. The molecular weight excluding hydrogens is 264 g/mol. The molecule has 0 atom stereocenters. The lowest BCUT2D eigenvalue weighted by molar-refractivity contribution is 0.0752. The van der Waals surface area contributed by atoms with Gasteiger partial charge in [-0.1, -0.05) is 6.92 Å². The minimum atomic E-state index is -0.0295. The summed E-state index contributed by atoms with van der Waals surface area (Å²) in [7, 11) is 0. The molecule has 5 nitrogen and oxygen atoms in total. The highest BCUT2D eigenvalue weighted by molar-refractivity contribution is 5.94. The molecule has 2 N–H and O–H groups in total. The zero-order chi connectivity index (χ0) is 15.2. The summed E-state index contributed by atoms with van der Waals surface area (Å²) in [6, 6.07) is 7.27. The number of nitrogens with two attached hydrogens (primary N) is 1. The average Bonchev–Trinajstić information content (AvgIpc) is 2.52. The van der Waals surface area contributed by atoms with Crippen LogP contribution in [-0.2, 0) is 13.0 Å². The van der Waals surface area contributed by atoms with E-state index in [4.69, 9.17) is 5.73 Å². The molecule has 0 radical (unpaired) electrons. The molecule has 0 aliphatic rings. The Morgan fingerprint density at radius 2 is 1.95 bits per heavy atom. The number of aryl methyl sites for hydroxylation is 1. The zero-order valence-corrected chi connectivity index (χ0v) is 12.4. The fraction of sp³-hybridized carbons (Fsp3) is 0.312. The van der Waals surface area contributed by atoms with Crippen molar-refractivity contribution in [1.82, 2.24) is 14.9 Å². The van der Waals surface area contributed by atoms with Gasteiger partial charge in [-0.2, -0.15) is 0 Å². The van der Waals surface area contributed by atoms with Crippen molar-refractivity contribution in [3.05, 3.63) is 53.5 Å².